The molecule has 0 radical (unpaired) electrons. The average molecular weight is 370 g/mol. The van der Waals surface area contributed by atoms with Crippen LogP contribution in [0, 0.1) is 19.3 Å². The fourth-order valence-corrected chi connectivity index (χ4v) is 3.09. The van der Waals surface area contributed by atoms with Gasteiger partial charge in [0.1, 0.15) is 24.0 Å². The Hall–Kier alpha value is -2.99. The molecule has 1 unspecified atom stereocenters. The predicted octanol–water partition coefficient (Wildman–Crippen LogP) is -0.281. The highest BCUT2D eigenvalue weighted by Gasteiger charge is 2.42. The Balaban J connectivity index is 1.86. The van der Waals surface area contributed by atoms with Crippen LogP contribution in [0.15, 0.2) is 40.1 Å². The summed E-state index contributed by atoms with van der Waals surface area (Å²) < 4.78 is 6.61. The fourth-order valence-electron chi connectivity index (χ4n) is 3.09. The van der Waals surface area contributed by atoms with Crippen molar-refractivity contribution in [2.24, 2.45) is 0 Å². The van der Waals surface area contributed by atoms with Gasteiger partial charge in [-0.1, -0.05) is 30.2 Å². The molecule has 3 rings (SSSR count). The molecular weight excluding hydrogens is 352 g/mol. The van der Waals surface area contributed by atoms with Gasteiger partial charge < -0.3 is 14.9 Å². The Labute approximate surface area is 154 Å². The van der Waals surface area contributed by atoms with Crippen molar-refractivity contribution in [1.82, 2.24) is 9.55 Å². The Morgan fingerprint density at radius 2 is 2.11 bits per heavy atom. The van der Waals surface area contributed by atoms with Crippen molar-refractivity contribution in [1.29, 1.82) is 0 Å². The third-order valence-electron chi connectivity index (χ3n) is 4.56. The number of rotatable bonds is 4. The van der Waals surface area contributed by atoms with Crippen molar-refractivity contribution in [3.8, 4) is 12.3 Å². The number of nitrogens with zero attached hydrogens (tertiary/aromatic N) is 1. The summed E-state index contributed by atoms with van der Waals surface area (Å²) in [5, 5.41) is 20.7. The van der Waals surface area contributed by atoms with E-state index in [0.717, 1.165) is 10.8 Å². The number of ether oxygens (including phenoxy) is 1. The second-order valence-electron chi connectivity index (χ2n) is 6.34. The van der Waals surface area contributed by atoms with Crippen molar-refractivity contribution in [3.63, 3.8) is 0 Å². The number of benzene rings is 1. The number of hydrogen-bond acceptors (Lipinski definition) is 6. The van der Waals surface area contributed by atoms with E-state index in [1.165, 1.54) is 0 Å². The number of ketones is 1. The van der Waals surface area contributed by atoms with Crippen LogP contribution in [0.25, 0.3) is 0 Å². The Morgan fingerprint density at radius 3 is 2.78 bits per heavy atom. The first-order chi connectivity index (χ1) is 12.8. The van der Waals surface area contributed by atoms with Gasteiger partial charge in [-0.3, -0.25) is 19.1 Å². The van der Waals surface area contributed by atoms with Gasteiger partial charge in [0, 0.05) is 18.2 Å². The van der Waals surface area contributed by atoms with Gasteiger partial charge in [0.05, 0.1) is 6.10 Å². The van der Waals surface area contributed by atoms with Crippen LogP contribution < -0.4 is 11.2 Å². The number of aromatic nitrogens is 2. The Morgan fingerprint density at radius 1 is 1.41 bits per heavy atom. The van der Waals surface area contributed by atoms with E-state index >= 15 is 0 Å². The summed E-state index contributed by atoms with van der Waals surface area (Å²) in [5.74, 6) is 1.57. The summed E-state index contributed by atoms with van der Waals surface area (Å²) in [6.07, 6.45) is 1.31. The van der Waals surface area contributed by atoms with Gasteiger partial charge in [0.25, 0.3) is 5.56 Å². The summed E-state index contributed by atoms with van der Waals surface area (Å²) in [7, 11) is 0. The first-order valence-corrected chi connectivity index (χ1v) is 8.27. The lowest BCUT2D eigenvalue weighted by atomic mass is 9.96. The molecule has 27 heavy (non-hydrogen) atoms. The molecule has 8 heteroatoms. The minimum Gasteiger partial charge on any atom is -0.390 e. The molecule has 2 heterocycles. The van der Waals surface area contributed by atoms with Crippen LogP contribution in [-0.4, -0.2) is 43.9 Å². The van der Waals surface area contributed by atoms with Crippen LogP contribution in [0.3, 0.4) is 0 Å². The molecule has 1 aromatic carbocycles. The van der Waals surface area contributed by atoms with Crippen molar-refractivity contribution >= 4 is 5.78 Å². The Bertz CT molecular complexity index is 1030. The van der Waals surface area contributed by atoms with E-state index in [1.54, 1.807) is 31.2 Å². The van der Waals surface area contributed by atoms with Crippen molar-refractivity contribution in [2.45, 2.75) is 37.9 Å². The van der Waals surface area contributed by atoms with Crippen LogP contribution in [0.4, 0.5) is 0 Å². The molecule has 1 aromatic heterocycles. The SMILES string of the molecule is C#Cc1cn([C@H]2C[C@H](O)[C@@H](C(O)C(=O)c3ccccc3C)O2)c(=O)[nH]c1=O. The van der Waals surface area contributed by atoms with Crippen LogP contribution in [0.2, 0.25) is 0 Å². The molecule has 140 valence electrons. The van der Waals surface area contributed by atoms with E-state index in [9.17, 15) is 24.6 Å². The van der Waals surface area contributed by atoms with E-state index < -0.39 is 41.6 Å². The highest BCUT2D eigenvalue weighted by Crippen LogP contribution is 2.30. The number of Topliss-reactive ketones (excluding diaryl/α,β-unsaturated/α-hetero) is 1. The third-order valence-corrected chi connectivity index (χ3v) is 4.56. The van der Waals surface area contributed by atoms with Gasteiger partial charge in [-0.25, -0.2) is 4.79 Å². The van der Waals surface area contributed by atoms with E-state index in [-0.39, 0.29) is 12.0 Å². The van der Waals surface area contributed by atoms with Crippen molar-refractivity contribution in [3.05, 3.63) is 68.0 Å². The maximum atomic E-state index is 12.6. The van der Waals surface area contributed by atoms with Gasteiger partial charge in [-0.05, 0) is 12.5 Å². The number of carbonyl (C=O) groups excluding carboxylic acids is 1. The maximum absolute atomic E-state index is 12.6. The molecule has 0 saturated carbocycles. The standard InChI is InChI=1S/C19H18N2O6/c1-3-11-9-21(19(26)20-18(11)25)14-8-13(22)17(27-14)16(24)15(23)12-7-5-4-6-10(12)2/h1,4-7,9,13-14,16-17,22,24H,8H2,2H3,(H,20,25,26)/t13-,14+,16?,17-/m0/s1. The lowest BCUT2D eigenvalue weighted by Crippen LogP contribution is -2.40. The molecule has 3 N–H and O–H groups in total. The molecule has 1 fully saturated rings. The molecule has 1 aliphatic rings. The molecule has 0 bridgehead atoms. The normalized spacial score (nSPS) is 23.0. The summed E-state index contributed by atoms with van der Waals surface area (Å²) in [4.78, 5) is 38.2. The minimum absolute atomic E-state index is 0.0568. The summed E-state index contributed by atoms with van der Waals surface area (Å²) in [6, 6.07) is 6.74. The first kappa shape index (κ1) is 18.8. The number of aromatic amines is 1. The monoisotopic (exact) mass is 370 g/mol. The van der Waals surface area contributed by atoms with Gasteiger partial charge in [0.2, 0.25) is 0 Å². The van der Waals surface area contributed by atoms with Crippen LogP contribution in [0.5, 0.6) is 0 Å². The van der Waals surface area contributed by atoms with Crippen LogP contribution in [0.1, 0.15) is 34.1 Å². The van der Waals surface area contributed by atoms with Gasteiger partial charge >= 0.3 is 5.69 Å². The molecule has 0 amide bonds. The minimum atomic E-state index is -1.61. The quantitative estimate of drug-likeness (QED) is 0.503. The van der Waals surface area contributed by atoms with Crippen LogP contribution >= 0.6 is 0 Å². The molecule has 1 aliphatic heterocycles. The van der Waals surface area contributed by atoms with E-state index in [2.05, 4.69) is 10.9 Å². The number of carbonyl (C=O) groups is 1. The number of aryl methyl sites for hydroxylation is 1. The summed E-state index contributed by atoms with van der Waals surface area (Å²) in [5.41, 5.74) is -0.547. The zero-order chi connectivity index (χ0) is 19.7. The predicted molar refractivity (Wildman–Crippen MR) is 95.3 cm³/mol. The molecule has 8 nitrogen and oxygen atoms in total. The topological polar surface area (TPSA) is 122 Å². The lowest BCUT2D eigenvalue weighted by molar-refractivity contribution is -0.0714. The second kappa shape index (κ2) is 7.32. The summed E-state index contributed by atoms with van der Waals surface area (Å²) >= 11 is 0. The Kier molecular flexibility index (Phi) is 5.10. The number of H-pyrrole nitrogens is 1. The number of terminal acetylenes is 1. The zero-order valence-electron chi connectivity index (χ0n) is 14.5. The van der Waals surface area contributed by atoms with Crippen molar-refractivity contribution in [2.75, 3.05) is 0 Å². The highest BCUT2D eigenvalue weighted by molar-refractivity contribution is 6.01. The smallest absolute Gasteiger partial charge is 0.330 e. The fraction of sp³-hybridized carbons (Fsp3) is 0.316. The molecule has 4 atom stereocenters. The van der Waals surface area contributed by atoms with E-state index in [1.807, 2.05) is 0 Å². The van der Waals surface area contributed by atoms with Crippen LogP contribution in [-0.2, 0) is 4.74 Å². The summed E-state index contributed by atoms with van der Waals surface area (Å²) in [6.45, 7) is 1.73. The third kappa shape index (κ3) is 3.48. The van der Waals surface area contributed by atoms with Gasteiger partial charge in [-0.15, -0.1) is 6.42 Å². The largest absolute Gasteiger partial charge is 0.390 e. The number of aliphatic hydroxyl groups excluding tert-OH is 2. The molecule has 1 saturated heterocycles. The van der Waals surface area contributed by atoms with E-state index in [4.69, 9.17) is 11.2 Å². The average Bonchev–Trinajstić information content (AvgIpc) is 3.02. The van der Waals surface area contributed by atoms with E-state index in [0.29, 0.717) is 11.1 Å². The van der Waals surface area contributed by atoms with Gasteiger partial charge in [-0.2, -0.15) is 0 Å². The molecule has 2 aromatic rings. The van der Waals surface area contributed by atoms with Gasteiger partial charge in [0.15, 0.2) is 5.78 Å². The number of nitrogens with one attached hydrogen (secondary N) is 1. The molecule has 0 spiro atoms. The molecular formula is C19H18N2O6. The second-order valence-corrected chi connectivity index (χ2v) is 6.34. The number of aliphatic hydroxyl groups is 2. The first-order valence-electron chi connectivity index (χ1n) is 8.27. The molecule has 0 aliphatic carbocycles. The zero-order valence-corrected chi connectivity index (χ0v) is 14.5. The van der Waals surface area contributed by atoms with Crippen molar-refractivity contribution < 1.29 is 19.7 Å². The highest BCUT2D eigenvalue weighted by atomic mass is 16.5. The number of hydrogen-bond donors (Lipinski definition) is 3. The lowest BCUT2D eigenvalue weighted by Gasteiger charge is -2.21. The maximum Gasteiger partial charge on any atom is 0.330 e.